The zero-order chi connectivity index (χ0) is 49.1. The molecule has 0 bridgehead atoms. The molecular formula is C49H75N5O10. The van der Waals surface area contributed by atoms with Crippen LogP contribution in [0.2, 0.25) is 0 Å². The van der Waals surface area contributed by atoms with Gasteiger partial charge in [-0.15, -0.1) is 0 Å². The maximum Gasteiger partial charge on any atom is 0.410 e. The number of carbonyl (C=O) groups is 8. The Bertz CT molecular complexity index is 1900. The van der Waals surface area contributed by atoms with Crippen LogP contribution in [0, 0.1) is 11.3 Å². The fourth-order valence-electron chi connectivity index (χ4n) is 7.32. The van der Waals surface area contributed by atoms with Gasteiger partial charge in [0.15, 0.2) is 0 Å². The molecule has 1 aliphatic rings. The number of ketones is 1. The largest absolute Gasteiger partial charge is 0.458 e. The number of Topliss-reactive ketones (excluding diaryl/α,β-unsaturated/α-hetero) is 1. The van der Waals surface area contributed by atoms with Crippen LogP contribution in [-0.4, -0.2) is 118 Å². The van der Waals surface area contributed by atoms with Crippen LogP contribution >= 0.6 is 0 Å². The van der Waals surface area contributed by atoms with E-state index in [9.17, 15) is 38.4 Å². The first-order chi connectivity index (χ1) is 29.3. The Balaban J connectivity index is 2.35. The highest BCUT2D eigenvalue weighted by Gasteiger charge is 2.46. The van der Waals surface area contributed by atoms with Gasteiger partial charge in [-0.1, -0.05) is 84.9 Å². The van der Waals surface area contributed by atoms with Crippen molar-refractivity contribution in [2.24, 2.45) is 11.3 Å². The average Bonchev–Trinajstić information content (AvgIpc) is 3.49. The van der Waals surface area contributed by atoms with Crippen molar-refractivity contribution < 1.29 is 47.8 Å². The van der Waals surface area contributed by atoms with Gasteiger partial charge < -0.3 is 25.0 Å². The maximum atomic E-state index is 14.6. The first-order valence-electron chi connectivity index (χ1n) is 22.1. The highest BCUT2D eigenvalue weighted by molar-refractivity contribution is 6.12. The average molecular weight is 894 g/mol. The fraction of sp³-hybridized carbons (Fsp3) is 0.633. The van der Waals surface area contributed by atoms with Crippen LogP contribution in [0.4, 0.5) is 4.79 Å². The lowest BCUT2D eigenvalue weighted by Crippen LogP contribution is -2.63. The highest BCUT2D eigenvalue weighted by atomic mass is 16.6. The van der Waals surface area contributed by atoms with Gasteiger partial charge in [0.05, 0.1) is 6.04 Å². The van der Waals surface area contributed by atoms with Gasteiger partial charge in [-0.05, 0) is 84.6 Å². The summed E-state index contributed by atoms with van der Waals surface area (Å²) in [5.41, 5.74) is -2.46. The van der Waals surface area contributed by atoms with Crippen LogP contribution in [0.15, 0.2) is 54.1 Å². The molecule has 6 amide bonds. The molecule has 0 saturated carbocycles. The predicted molar refractivity (Wildman–Crippen MR) is 246 cm³/mol. The third-order valence-electron chi connectivity index (χ3n) is 10.9. The van der Waals surface area contributed by atoms with E-state index in [1.165, 1.54) is 29.0 Å². The molecule has 1 aliphatic heterocycles. The second kappa shape index (κ2) is 22.5. The van der Waals surface area contributed by atoms with E-state index in [-0.39, 0.29) is 54.9 Å². The number of amides is 6. The summed E-state index contributed by atoms with van der Waals surface area (Å²) in [4.78, 5) is 110. The van der Waals surface area contributed by atoms with Crippen molar-refractivity contribution in [1.82, 2.24) is 25.3 Å². The lowest BCUT2D eigenvalue weighted by molar-refractivity contribution is -0.158. The number of esters is 1. The number of nitrogens with one attached hydrogen (secondary N) is 2. The van der Waals surface area contributed by atoms with Crippen LogP contribution in [-0.2, 0) is 48.5 Å². The monoisotopic (exact) mass is 894 g/mol. The topological polar surface area (TPSA) is 189 Å². The Morgan fingerprint density at radius 3 is 1.80 bits per heavy atom. The molecule has 0 spiro atoms. The van der Waals surface area contributed by atoms with E-state index in [4.69, 9.17) is 9.47 Å². The second-order valence-electron chi connectivity index (χ2n) is 20.7. The molecule has 356 valence electrons. The third-order valence-corrected chi connectivity index (χ3v) is 10.9. The number of rotatable bonds is 20. The number of likely N-dealkylation sites (N-methyl/N-ethyl adjacent to an activating group) is 2. The minimum absolute atomic E-state index is 0.0239. The summed E-state index contributed by atoms with van der Waals surface area (Å²) in [5, 5.41) is 5.75. The molecule has 0 aliphatic carbocycles. The van der Waals surface area contributed by atoms with Crippen molar-refractivity contribution in [3.05, 3.63) is 59.7 Å². The number of carbonyl (C=O) groups excluding carboxylic acids is 8. The first-order valence-corrected chi connectivity index (χ1v) is 22.1. The number of imide groups is 1. The second-order valence-corrected chi connectivity index (χ2v) is 20.7. The van der Waals surface area contributed by atoms with E-state index in [2.05, 4.69) is 10.6 Å². The van der Waals surface area contributed by atoms with Crippen molar-refractivity contribution in [3.63, 3.8) is 0 Å². The van der Waals surface area contributed by atoms with E-state index in [0.717, 1.165) is 10.5 Å². The summed E-state index contributed by atoms with van der Waals surface area (Å²) in [6, 6.07) is 5.34. The summed E-state index contributed by atoms with van der Waals surface area (Å²) in [5.74, 6) is -3.43. The minimum atomic E-state index is -1.16. The molecule has 2 rings (SSSR count). The summed E-state index contributed by atoms with van der Waals surface area (Å²) in [6.45, 7) is 25.1. The zero-order valence-corrected chi connectivity index (χ0v) is 41.2. The first kappa shape index (κ1) is 54.8. The van der Waals surface area contributed by atoms with Crippen LogP contribution in [0.3, 0.4) is 0 Å². The van der Waals surface area contributed by atoms with E-state index >= 15 is 0 Å². The molecule has 0 radical (unpaired) electrons. The van der Waals surface area contributed by atoms with Gasteiger partial charge in [-0.25, -0.2) is 9.59 Å². The van der Waals surface area contributed by atoms with E-state index in [1.54, 1.807) is 61.6 Å². The molecule has 0 fully saturated rings. The molecule has 64 heavy (non-hydrogen) atoms. The molecule has 0 aromatic heterocycles. The quantitative estimate of drug-likeness (QED) is 0.0639. The number of nitrogens with zero attached hydrogens (tertiary/aromatic N) is 3. The number of ether oxygens (including phenoxy) is 2. The molecular weight excluding hydrogens is 819 g/mol. The van der Waals surface area contributed by atoms with Gasteiger partial charge >= 0.3 is 12.1 Å². The molecule has 4 atom stereocenters. The van der Waals surface area contributed by atoms with Crippen molar-refractivity contribution in [2.45, 2.75) is 170 Å². The number of unbranched alkanes of at least 4 members (excludes halogenated alkanes) is 1. The minimum Gasteiger partial charge on any atom is -0.458 e. The molecule has 0 saturated heterocycles. The Hall–Kier alpha value is -5.34. The normalized spacial score (nSPS) is 15.6. The molecule has 2 N–H and O–H groups in total. The van der Waals surface area contributed by atoms with Gasteiger partial charge in [0.2, 0.25) is 17.7 Å². The van der Waals surface area contributed by atoms with Gasteiger partial charge in [-0.2, -0.15) is 0 Å². The molecule has 1 aromatic rings. The van der Waals surface area contributed by atoms with Crippen LogP contribution < -0.4 is 10.6 Å². The Labute approximate surface area is 381 Å². The predicted octanol–water partition coefficient (Wildman–Crippen LogP) is 6.43. The lowest BCUT2D eigenvalue weighted by atomic mass is 9.76. The fourth-order valence-corrected chi connectivity index (χ4v) is 7.32. The van der Waals surface area contributed by atoms with Gasteiger partial charge in [-0.3, -0.25) is 38.6 Å². The Kier molecular flexibility index (Phi) is 19.3. The standard InChI is InChI=1S/C49H75N5O10/c1-31(2)36(30-32(3)41(58)50-35(44(61)63-47(7,8)9)26-25-34(55)24-20-21-29-54-37(56)27-28-38(54)57)52(15)43(60)39(46(4,5)6)51-42(59)40(53(16)45(62)64-48(10,11)12)49(13,14)33-22-18-17-19-23-33/h17-19,22-23,27-28,30-31,35-36,39-40H,20-21,24-26,29H2,1-16H3,(H,50,58)(H,51,59)/b32-30+/t35-,36-,39-,40-/m1/s1. The molecule has 15 heteroatoms. The van der Waals surface area contributed by atoms with E-state index in [0.29, 0.717) is 12.8 Å². The third kappa shape index (κ3) is 16.3. The summed E-state index contributed by atoms with van der Waals surface area (Å²) in [6.07, 6.45) is 4.34. The van der Waals surface area contributed by atoms with E-state index in [1.807, 2.05) is 78.8 Å². The summed E-state index contributed by atoms with van der Waals surface area (Å²) in [7, 11) is 3.11. The van der Waals surface area contributed by atoms with E-state index < -0.39 is 76.0 Å². The van der Waals surface area contributed by atoms with Gasteiger partial charge in [0.1, 0.15) is 35.1 Å². The SMILES string of the molecule is C/C(=C\[C@H](C(C)C)N(C)C(=O)[C@@H](NC(=O)[C@@H](N(C)C(=O)OC(C)(C)C)C(C)(C)c1ccccc1)C(C)(C)C)C(=O)N[C@H](CCC(=O)CCCCN1C(=O)C=CC1=O)C(=O)OC(C)(C)C. The van der Waals surface area contributed by atoms with Crippen LogP contribution in [0.1, 0.15) is 135 Å². The zero-order valence-electron chi connectivity index (χ0n) is 41.2. The molecule has 1 aromatic carbocycles. The Morgan fingerprint density at radius 2 is 1.30 bits per heavy atom. The van der Waals surface area contributed by atoms with Crippen LogP contribution in [0.25, 0.3) is 0 Å². The van der Waals surface area contributed by atoms with Crippen molar-refractivity contribution >= 4 is 47.4 Å². The maximum absolute atomic E-state index is 14.6. The highest BCUT2D eigenvalue weighted by Crippen LogP contribution is 2.32. The summed E-state index contributed by atoms with van der Waals surface area (Å²) < 4.78 is 11.3. The van der Waals surface area contributed by atoms with Gasteiger partial charge in [0, 0.05) is 56.6 Å². The van der Waals surface area contributed by atoms with Gasteiger partial charge in [0.25, 0.3) is 11.8 Å². The van der Waals surface area contributed by atoms with Crippen molar-refractivity contribution in [1.29, 1.82) is 0 Å². The number of hydrogen-bond acceptors (Lipinski definition) is 10. The Morgan fingerprint density at radius 1 is 0.750 bits per heavy atom. The molecule has 15 nitrogen and oxygen atoms in total. The van der Waals surface area contributed by atoms with Crippen molar-refractivity contribution in [2.75, 3.05) is 20.6 Å². The van der Waals surface area contributed by atoms with Crippen LogP contribution in [0.5, 0.6) is 0 Å². The smallest absolute Gasteiger partial charge is 0.410 e. The summed E-state index contributed by atoms with van der Waals surface area (Å²) >= 11 is 0. The molecule has 1 heterocycles. The lowest BCUT2D eigenvalue weighted by Gasteiger charge is -2.42. The van der Waals surface area contributed by atoms with Crippen molar-refractivity contribution in [3.8, 4) is 0 Å². The molecule has 0 unspecified atom stereocenters. The number of hydrogen-bond donors (Lipinski definition) is 2. The number of benzene rings is 1.